The van der Waals surface area contributed by atoms with Crippen molar-refractivity contribution >= 4 is 34.0 Å². The van der Waals surface area contributed by atoms with Gasteiger partial charge in [0.05, 0.1) is 5.41 Å². The number of carbonyl (C=O) groups excluding carboxylic acids is 1. The van der Waals surface area contributed by atoms with E-state index in [0.29, 0.717) is 5.92 Å². The molecule has 1 aliphatic heterocycles. The first-order valence-electron chi connectivity index (χ1n) is 9.86. The predicted octanol–water partition coefficient (Wildman–Crippen LogP) is 4.64. The summed E-state index contributed by atoms with van der Waals surface area (Å²) in [5, 5.41) is 7.14. The molecule has 1 amide bonds. The van der Waals surface area contributed by atoms with Crippen molar-refractivity contribution in [2.75, 3.05) is 24.5 Å². The lowest BCUT2D eigenvalue weighted by Crippen LogP contribution is -2.47. The molecule has 0 radical (unpaired) electrons. The van der Waals surface area contributed by atoms with Crippen LogP contribution < -0.4 is 10.2 Å². The van der Waals surface area contributed by atoms with E-state index in [2.05, 4.69) is 15.2 Å². The number of amides is 1. The van der Waals surface area contributed by atoms with Crippen molar-refractivity contribution < 1.29 is 4.79 Å². The van der Waals surface area contributed by atoms with Crippen LogP contribution in [0.4, 0.5) is 5.13 Å². The van der Waals surface area contributed by atoms with Crippen LogP contribution in [0.25, 0.3) is 0 Å². The molecular weight excluding hydrogens is 378 g/mol. The lowest BCUT2D eigenvalue weighted by Gasteiger charge is -2.34. The molecule has 0 bridgehead atoms. The fourth-order valence-electron chi connectivity index (χ4n) is 4.58. The highest BCUT2D eigenvalue weighted by Crippen LogP contribution is 2.41. The van der Waals surface area contributed by atoms with Crippen molar-refractivity contribution in [3.63, 3.8) is 0 Å². The van der Waals surface area contributed by atoms with Crippen LogP contribution in [0.2, 0.25) is 5.02 Å². The number of nitrogens with one attached hydrogen (secondary N) is 1. The summed E-state index contributed by atoms with van der Waals surface area (Å²) in [7, 11) is 0. The molecule has 1 saturated carbocycles. The number of hydrogen-bond acceptors (Lipinski definition) is 4. The SMILES string of the molecule is O=C(NCC1CCCN(c2nccs2)C1)C1(c2ccc(Cl)cc2)CCCC1. The van der Waals surface area contributed by atoms with Crippen LogP contribution in [0, 0.1) is 5.92 Å². The monoisotopic (exact) mass is 403 g/mol. The van der Waals surface area contributed by atoms with Crippen molar-refractivity contribution in [1.82, 2.24) is 10.3 Å². The highest BCUT2D eigenvalue weighted by Gasteiger charge is 2.42. The molecule has 1 aromatic heterocycles. The zero-order valence-corrected chi connectivity index (χ0v) is 17.1. The van der Waals surface area contributed by atoms with Gasteiger partial charge in [0.25, 0.3) is 0 Å². The zero-order valence-electron chi connectivity index (χ0n) is 15.5. The maximum atomic E-state index is 13.2. The number of piperidine rings is 1. The summed E-state index contributed by atoms with van der Waals surface area (Å²) in [6, 6.07) is 7.85. The first kappa shape index (κ1) is 18.8. The van der Waals surface area contributed by atoms with E-state index in [0.717, 1.165) is 73.9 Å². The Bertz CT molecular complexity index is 756. The highest BCUT2D eigenvalue weighted by molar-refractivity contribution is 7.13. The molecule has 1 unspecified atom stereocenters. The van der Waals surface area contributed by atoms with Crippen LogP contribution >= 0.6 is 22.9 Å². The minimum absolute atomic E-state index is 0.189. The number of anilines is 1. The molecule has 1 N–H and O–H groups in total. The molecule has 27 heavy (non-hydrogen) atoms. The molecule has 6 heteroatoms. The number of aromatic nitrogens is 1. The third-order valence-corrected chi connectivity index (χ3v) is 7.13. The van der Waals surface area contributed by atoms with Crippen molar-refractivity contribution in [1.29, 1.82) is 0 Å². The molecular formula is C21H26ClN3OS. The van der Waals surface area contributed by atoms with Crippen LogP contribution in [0.3, 0.4) is 0 Å². The van der Waals surface area contributed by atoms with E-state index in [4.69, 9.17) is 11.6 Å². The average Bonchev–Trinajstić information content (AvgIpc) is 3.39. The normalized spacial score (nSPS) is 22.0. The Morgan fingerprint density at radius 1 is 1.26 bits per heavy atom. The van der Waals surface area contributed by atoms with Gasteiger partial charge in [-0.3, -0.25) is 4.79 Å². The Morgan fingerprint density at radius 2 is 2.04 bits per heavy atom. The second kappa shape index (κ2) is 8.19. The van der Waals surface area contributed by atoms with Gasteiger partial charge in [-0.05, 0) is 49.3 Å². The van der Waals surface area contributed by atoms with E-state index in [1.54, 1.807) is 11.3 Å². The summed E-state index contributed by atoms with van der Waals surface area (Å²) in [6.45, 7) is 2.78. The van der Waals surface area contributed by atoms with Crippen LogP contribution in [-0.4, -0.2) is 30.5 Å². The van der Waals surface area contributed by atoms with Gasteiger partial charge in [-0.15, -0.1) is 11.3 Å². The van der Waals surface area contributed by atoms with Gasteiger partial charge in [-0.2, -0.15) is 0 Å². The first-order valence-corrected chi connectivity index (χ1v) is 11.1. The fraction of sp³-hybridized carbons (Fsp3) is 0.524. The standard InChI is InChI=1S/C21H26ClN3OS/c22-18-7-5-17(6-8-18)21(9-1-2-10-21)19(26)24-14-16-4-3-12-25(15-16)20-23-11-13-27-20/h5-8,11,13,16H,1-4,9-10,12,14-15H2,(H,24,26). The lowest BCUT2D eigenvalue weighted by atomic mass is 9.78. The number of thiazole rings is 1. The third kappa shape index (κ3) is 3.99. The van der Waals surface area contributed by atoms with Crippen LogP contribution in [0.15, 0.2) is 35.8 Å². The molecule has 2 aromatic rings. The smallest absolute Gasteiger partial charge is 0.230 e. The fourth-order valence-corrected chi connectivity index (χ4v) is 5.38. The summed E-state index contributed by atoms with van der Waals surface area (Å²) in [4.78, 5) is 20.0. The molecule has 0 spiro atoms. The van der Waals surface area contributed by atoms with E-state index < -0.39 is 0 Å². The van der Waals surface area contributed by atoms with Gasteiger partial charge in [0.2, 0.25) is 5.91 Å². The molecule has 2 aliphatic rings. The van der Waals surface area contributed by atoms with Gasteiger partial charge in [-0.1, -0.05) is 36.6 Å². The average molecular weight is 404 g/mol. The quantitative estimate of drug-likeness (QED) is 0.790. The highest BCUT2D eigenvalue weighted by atomic mass is 35.5. The molecule has 1 atom stereocenters. The number of hydrogen-bond donors (Lipinski definition) is 1. The largest absolute Gasteiger partial charge is 0.355 e. The third-order valence-electron chi connectivity index (χ3n) is 6.05. The zero-order chi connectivity index (χ0) is 18.7. The molecule has 144 valence electrons. The maximum Gasteiger partial charge on any atom is 0.230 e. The number of rotatable bonds is 5. The van der Waals surface area contributed by atoms with Crippen molar-refractivity contribution in [3.8, 4) is 0 Å². The van der Waals surface area contributed by atoms with Crippen molar-refractivity contribution in [3.05, 3.63) is 46.4 Å². The predicted molar refractivity (Wildman–Crippen MR) is 112 cm³/mol. The first-order chi connectivity index (χ1) is 13.2. The van der Waals surface area contributed by atoms with Gasteiger partial charge in [-0.25, -0.2) is 4.98 Å². The summed E-state index contributed by atoms with van der Waals surface area (Å²) in [5.41, 5.74) is 0.726. The Labute approximate surface area is 169 Å². The van der Waals surface area contributed by atoms with Crippen LogP contribution in [0.1, 0.15) is 44.1 Å². The second-order valence-electron chi connectivity index (χ2n) is 7.78. The molecule has 2 heterocycles. The Kier molecular flexibility index (Phi) is 5.69. The molecule has 2 fully saturated rings. The number of nitrogens with zero attached hydrogens (tertiary/aromatic N) is 2. The summed E-state index contributed by atoms with van der Waals surface area (Å²) < 4.78 is 0. The van der Waals surface area contributed by atoms with E-state index in [1.807, 2.05) is 35.8 Å². The van der Waals surface area contributed by atoms with Crippen molar-refractivity contribution in [2.24, 2.45) is 5.92 Å². The summed E-state index contributed by atoms with van der Waals surface area (Å²) in [6.07, 6.45) is 8.25. The number of halogens is 1. The minimum Gasteiger partial charge on any atom is -0.355 e. The molecule has 4 rings (SSSR count). The lowest BCUT2D eigenvalue weighted by molar-refractivity contribution is -0.126. The second-order valence-corrected chi connectivity index (χ2v) is 9.08. The van der Waals surface area contributed by atoms with E-state index in [-0.39, 0.29) is 11.3 Å². The van der Waals surface area contributed by atoms with E-state index >= 15 is 0 Å². The topological polar surface area (TPSA) is 45.2 Å². The van der Waals surface area contributed by atoms with Gasteiger partial charge in [0.15, 0.2) is 5.13 Å². The van der Waals surface area contributed by atoms with Gasteiger partial charge < -0.3 is 10.2 Å². The Balaban J connectivity index is 1.41. The summed E-state index contributed by atoms with van der Waals surface area (Å²) in [5.74, 6) is 0.670. The minimum atomic E-state index is -0.381. The Hall–Kier alpha value is -1.59. The molecule has 4 nitrogen and oxygen atoms in total. The molecule has 1 saturated heterocycles. The van der Waals surface area contributed by atoms with E-state index in [1.165, 1.54) is 0 Å². The Morgan fingerprint density at radius 3 is 2.74 bits per heavy atom. The van der Waals surface area contributed by atoms with Crippen molar-refractivity contribution in [2.45, 2.75) is 43.9 Å². The number of benzene rings is 1. The molecule has 1 aromatic carbocycles. The van der Waals surface area contributed by atoms with Crippen LogP contribution in [0.5, 0.6) is 0 Å². The number of carbonyl (C=O) groups is 1. The van der Waals surface area contributed by atoms with E-state index in [9.17, 15) is 4.79 Å². The summed E-state index contributed by atoms with van der Waals surface area (Å²) >= 11 is 7.74. The van der Waals surface area contributed by atoms with Crippen LogP contribution in [-0.2, 0) is 10.2 Å². The van der Waals surface area contributed by atoms with Gasteiger partial charge in [0, 0.05) is 36.2 Å². The maximum absolute atomic E-state index is 13.2. The van der Waals surface area contributed by atoms with Gasteiger partial charge >= 0.3 is 0 Å². The van der Waals surface area contributed by atoms with Gasteiger partial charge in [0.1, 0.15) is 0 Å². The molecule has 1 aliphatic carbocycles.